The molecule has 0 heterocycles. The summed E-state index contributed by atoms with van der Waals surface area (Å²) in [6.07, 6.45) is 1.71. The second-order valence-corrected chi connectivity index (χ2v) is 3.47. The highest BCUT2D eigenvalue weighted by atomic mass is 19.1. The predicted molar refractivity (Wildman–Crippen MR) is 57.4 cm³/mol. The van der Waals surface area contributed by atoms with Crippen LogP contribution in [0.3, 0.4) is 0 Å². The molecule has 0 bridgehead atoms. The monoisotopic (exact) mass is 193 g/mol. The molecular weight excluding hydrogens is 177 g/mol. The molecule has 1 aromatic carbocycles. The van der Waals surface area contributed by atoms with Gasteiger partial charge in [-0.25, -0.2) is 4.39 Å². The maximum Gasteiger partial charge on any atom is 0.123 e. The fourth-order valence-corrected chi connectivity index (χ4v) is 1.28. The minimum absolute atomic E-state index is 0.0666. The molecule has 0 fully saturated rings. The maximum atomic E-state index is 12.6. The molecule has 14 heavy (non-hydrogen) atoms. The summed E-state index contributed by atoms with van der Waals surface area (Å²) in [5.74, 6) is -0.227. The van der Waals surface area contributed by atoms with Gasteiger partial charge in [0.25, 0.3) is 0 Å². The summed E-state index contributed by atoms with van der Waals surface area (Å²) >= 11 is 0. The molecular formula is C12H16FN. The zero-order valence-electron chi connectivity index (χ0n) is 8.46. The number of hydrogen-bond acceptors (Lipinski definition) is 1. The van der Waals surface area contributed by atoms with E-state index in [9.17, 15) is 4.39 Å². The van der Waals surface area contributed by atoms with E-state index in [2.05, 4.69) is 13.5 Å². The second-order valence-electron chi connectivity index (χ2n) is 3.47. The first kappa shape index (κ1) is 10.9. The highest BCUT2D eigenvalue weighted by Crippen LogP contribution is 2.19. The van der Waals surface area contributed by atoms with Gasteiger partial charge in [-0.1, -0.05) is 31.2 Å². The van der Waals surface area contributed by atoms with Crippen molar-refractivity contribution in [3.63, 3.8) is 0 Å². The minimum Gasteiger partial charge on any atom is -0.324 e. The first-order valence-corrected chi connectivity index (χ1v) is 4.81. The third kappa shape index (κ3) is 2.96. The maximum absolute atomic E-state index is 12.6. The van der Waals surface area contributed by atoms with Crippen LogP contribution in [0.25, 0.3) is 0 Å². The molecule has 1 nitrogen and oxygen atoms in total. The van der Waals surface area contributed by atoms with Gasteiger partial charge in [-0.15, -0.1) is 0 Å². The van der Waals surface area contributed by atoms with Crippen molar-refractivity contribution in [1.29, 1.82) is 0 Å². The van der Waals surface area contributed by atoms with Gasteiger partial charge in [0.2, 0.25) is 0 Å². The first-order valence-electron chi connectivity index (χ1n) is 4.81. The average Bonchev–Trinajstić information content (AvgIpc) is 2.18. The molecule has 2 heteroatoms. The van der Waals surface area contributed by atoms with E-state index < -0.39 is 0 Å². The lowest BCUT2D eigenvalue weighted by molar-refractivity contribution is 0.624. The van der Waals surface area contributed by atoms with Crippen LogP contribution >= 0.6 is 0 Å². The zero-order chi connectivity index (χ0) is 10.6. The molecule has 0 aliphatic heterocycles. The van der Waals surface area contributed by atoms with Crippen molar-refractivity contribution >= 4 is 0 Å². The molecule has 0 spiro atoms. The van der Waals surface area contributed by atoms with Crippen LogP contribution in [0, 0.1) is 5.82 Å². The standard InChI is InChI=1S/C12H16FN/c1-3-9(2)8-12(14)10-4-6-11(13)7-5-10/h4-7,12H,2-3,8,14H2,1H3. The minimum atomic E-state index is -0.227. The fraction of sp³-hybridized carbons (Fsp3) is 0.333. The number of rotatable bonds is 4. The van der Waals surface area contributed by atoms with E-state index in [-0.39, 0.29) is 11.9 Å². The lowest BCUT2D eigenvalue weighted by atomic mass is 9.99. The third-order valence-electron chi connectivity index (χ3n) is 2.31. The Morgan fingerprint density at radius 1 is 1.43 bits per heavy atom. The van der Waals surface area contributed by atoms with Gasteiger partial charge < -0.3 is 5.73 Å². The van der Waals surface area contributed by atoms with Gasteiger partial charge >= 0.3 is 0 Å². The van der Waals surface area contributed by atoms with Crippen molar-refractivity contribution < 1.29 is 4.39 Å². The van der Waals surface area contributed by atoms with E-state index in [0.29, 0.717) is 0 Å². The van der Waals surface area contributed by atoms with E-state index in [1.54, 1.807) is 12.1 Å². The van der Waals surface area contributed by atoms with Crippen molar-refractivity contribution in [3.05, 3.63) is 47.8 Å². The Kier molecular flexibility index (Phi) is 3.84. The molecule has 1 atom stereocenters. The number of halogens is 1. The fourth-order valence-electron chi connectivity index (χ4n) is 1.28. The molecule has 0 radical (unpaired) electrons. The van der Waals surface area contributed by atoms with Crippen LogP contribution in [-0.2, 0) is 0 Å². The second kappa shape index (κ2) is 4.91. The van der Waals surface area contributed by atoms with Crippen molar-refractivity contribution in [2.24, 2.45) is 5.73 Å². The molecule has 1 rings (SSSR count). The van der Waals surface area contributed by atoms with Crippen LogP contribution in [-0.4, -0.2) is 0 Å². The Balaban J connectivity index is 2.65. The molecule has 1 aromatic rings. The molecule has 0 aliphatic carbocycles. The Bertz CT molecular complexity index is 303. The molecule has 0 amide bonds. The lowest BCUT2D eigenvalue weighted by Gasteiger charge is -2.12. The quantitative estimate of drug-likeness (QED) is 0.730. The van der Waals surface area contributed by atoms with Crippen molar-refractivity contribution in [1.82, 2.24) is 0 Å². The summed E-state index contributed by atoms with van der Waals surface area (Å²) in [7, 11) is 0. The summed E-state index contributed by atoms with van der Waals surface area (Å²) in [6, 6.07) is 6.25. The molecule has 76 valence electrons. The Hall–Kier alpha value is -1.15. The third-order valence-corrected chi connectivity index (χ3v) is 2.31. The largest absolute Gasteiger partial charge is 0.324 e. The average molecular weight is 193 g/mol. The van der Waals surface area contributed by atoms with E-state index in [1.165, 1.54) is 12.1 Å². The van der Waals surface area contributed by atoms with E-state index >= 15 is 0 Å². The highest BCUT2D eigenvalue weighted by molar-refractivity contribution is 5.21. The van der Waals surface area contributed by atoms with E-state index in [1.807, 2.05) is 0 Å². The van der Waals surface area contributed by atoms with Crippen molar-refractivity contribution in [2.45, 2.75) is 25.8 Å². The Morgan fingerprint density at radius 2 is 2.00 bits per heavy atom. The number of hydrogen-bond donors (Lipinski definition) is 1. The first-order chi connectivity index (χ1) is 6.63. The van der Waals surface area contributed by atoms with Gasteiger partial charge in [0.15, 0.2) is 0 Å². The van der Waals surface area contributed by atoms with Crippen LogP contribution in [0.5, 0.6) is 0 Å². The topological polar surface area (TPSA) is 26.0 Å². The Morgan fingerprint density at radius 3 is 2.50 bits per heavy atom. The van der Waals surface area contributed by atoms with Gasteiger partial charge in [-0.05, 0) is 30.5 Å². The van der Waals surface area contributed by atoms with Crippen molar-refractivity contribution in [3.8, 4) is 0 Å². The zero-order valence-corrected chi connectivity index (χ0v) is 8.46. The lowest BCUT2D eigenvalue weighted by Crippen LogP contribution is -2.10. The number of benzene rings is 1. The SMILES string of the molecule is C=C(CC)CC(N)c1ccc(F)cc1. The summed E-state index contributed by atoms with van der Waals surface area (Å²) in [5.41, 5.74) is 8.02. The van der Waals surface area contributed by atoms with Crippen LogP contribution in [0.4, 0.5) is 4.39 Å². The smallest absolute Gasteiger partial charge is 0.123 e. The Labute approximate surface area is 84.4 Å². The summed E-state index contributed by atoms with van der Waals surface area (Å²) < 4.78 is 12.6. The molecule has 0 saturated carbocycles. The highest BCUT2D eigenvalue weighted by Gasteiger charge is 2.06. The van der Waals surface area contributed by atoms with Crippen LogP contribution in [0.15, 0.2) is 36.4 Å². The van der Waals surface area contributed by atoms with Crippen LogP contribution < -0.4 is 5.73 Å². The molecule has 0 aliphatic rings. The summed E-state index contributed by atoms with van der Waals surface area (Å²) in [4.78, 5) is 0. The molecule has 1 unspecified atom stereocenters. The molecule has 0 saturated heterocycles. The summed E-state index contributed by atoms with van der Waals surface area (Å²) in [5, 5.41) is 0. The number of nitrogens with two attached hydrogens (primary N) is 1. The molecule has 2 N–H and O–H groups in total. The van der Waals surface area contributed by atoms with Gasteiger partial charge in [-0.2, -0.15) is 0 Å². The predicted octanol–water partition coefficient (Wildman–Crippen LogP) is 3.18. The van der Waals surface area contributed by atoms with Crippen molar-refractivity contribution in [2.75, 3.05) is 0 Å². The molecule has 0 aromatic heterocycles. The van der Waals surface area contributed by atoms with Gasteiger partial charge in [-0.3, -0.25) is 0 Å². The summed E-state index contributed by atoms with van der Waals surface area (Å²) in [6.45, 7) is 5.96. The normalized spacial score (nSPS) is 12.5. The van der Waals surface area contributed by atoms with Crippen LogP contribution in [0.1, 0.15) is 31.4 Å². The van der Waals surface area contributed by atoms with Crippen LogP contribution in [0.2, 0.25) is 0 Å². The van der Waals surface area contributed by atoms with Gasteiger partial charge in [0.05, 0.1) is 0 Å². The van der Waals surface area contributed by atoms with Gasteiger partial charge in [0.1, 0.15) is 5.82 Å². The van der Waals surface area contributed by atoms with E-state index in [4.69, 9.17) is 5.73 Å². The van der Waals surface area contributed by atoms with E-state index in [0.717, 1.165) is 24.0 Å². The van der Waals surface area contributed by atoms with Gasteiger partial charge in [0, 0.05) is 6.04 Å².